The molecule has 0 spiro atoms. The molecule has 1 atom stereocenters. The Balaban J connectivity index is 2.48. The van der Waals surface area contributed by atoms with Crippen LogP contribution in [0.4, 0.5) is 0 Å². The molecule has 0 aliphatic rings. The lowest BCUT2D eigenvalue weighted by Crippen LogP contribution is -2.30. The second-order valence-corrected chi connectivity index (χ2v) is 6.38. The van der Waals surface area contributed by atoms with E-state index in [0.717, 1.165) is 16.8 Å². The number of nitrogens with zero attached hydrogens (tertiary/aromatic N) is 1. The highest BCUT2D eigenvalue weighted by molar-refractivity contribution is 6.13. The van der Waals surface area contributed by atoms with Crippen LogP contribution < -0.4 is 0 Å². The van der Waals surface area contributed by atoms with E-state index in [-0.39, 0.29) is 18.0 Å². The van der Waals surface area contributed by atoms with Crippen LogP contribution in [0.5, 0.6) is 0 Å². The van der Waals surface area contributed by atoms with Crippen LogP contribution in [-0.4, -0.2) is 23.8 Å². The third kappa shape index (κ3) is 4.79. The molecule has 0 radical (unpaired) electrons. The molecule has 0 fully saturated rings. The van der Waals surface area contributed by atoms with E-state index in [1.54, 1.807) is 0 Å². The van der Waals surface area contributed by atoms with Gasteiger partial charge < -0.3 is 4.74 Å². The van der Waals surface area contributed by atoms with Gasteiger partial charge in [0, 0.05) is 11.1 Å². The number of hydrogen-bond acceptors (Lipinski definition) is 3. The summed E-state index contributed by atoms with van der Waals surface area (Å²) in [5.74, 6) is -0.219. The van der Waals surface area contributed by atoms with Gasteiger partial charge in [0.25, 0.3) is 0 Å². The van der Waals surface area contributed by atoms with E-state index >= 15 is 0 Å². The number of carbonyl (C=O) groups is 1. The van der Waals surface area contributed by atoms with Crippen molar-refractivity contribution in [2.45, 2.75) is 39.8 Å². The molecule has 0 amide bonds. The maximum Gasteiger partial charge on any atom is 0.331 e. The van der Waals surface area contributed by atoms with Gasteiger partial charge in [-0.2, -0.15) is 0 Å². The van der Waals surface area contributed by atoms with Crippen molar-refractivity contribution in [1.29, 1.82) is 0 Å². The minimum absolute atomic E-state index is 0.0543. The van der Waals surface area contributed by atoms with E-state index < -0.39 is 6.04 Å². The molecule has 2 aromatic carbocycles. The van der Waals surface area contributed by atoms with Crippen molar-refractivity contribution in [3.05, 3.63) is 71.8 Å². The third-order valence-electron chi connectivity index (χ3n) is 3.59. The van der Waals surface area contributed by atoms with Gasteiger partial charge in [0.2, 0.25) is 0 Å². The number of aliphatic imine (C=N–C) groups is 1. The number of hydrogen-bond donors (Lipinski definition) is 0. The molecule has 1 unspecified atom stereocenters. The molecule has 0 N–H and O–H groups in total. The fourth-order valence-corrected chi connectivity index (χ4v) is 2.42. The molecule has 0 saturated heterocycles. The predicted molar refractivity (Wildman–Crippen MR) is 98.4 cm³/mol. The van der Waals surface area contributed by atoms with E-state index in [2.05, 4.69) is 0 Å². The highest BCUT2D eigenvalue weighted by Crippen LogP contribution is 2.17. The third-order valence-corrected chi connectivity index (χ3v) is 3.59. The van der Waals surface area contributed by atoms with Gasteiger partial charge in [-0.05, 0) is 19.8 Å². The Morgan fingerprint density at radius 2 is 1.29 bits per heavy atom. The van der Waals surface area contributed by atoms with Crippen LogP contribution in [0.25, 0.3) is 0 Å². The zero-order chi connectivity index (χ0) is 17.5. The summed E-state index contributed by atoms with van der Waals surface area (Å²) in [6, 6.07) is 19.4. The fourth-order valence-electron chi connectivity index (χ4n) is 2.42. The van der Waals surface area contributed by atoms with Crippen molar-refractivity contribution >= 4 is 11.7 Å². The van der Waals surface area contributed by atoms with Crippen molar-refractivity contribution in [1.82, 2.24) is 0 Å². The first-order chi connectivity index (χ1) is 11.5. The highest BCUT2D eigenvalue weighted by Gasteiger charge is 2.25. The smallest absolute Gasteiger partial charge is 0.331 e. The van der Waals surface area contributed by atoms with E-state index in [4.69, 9.17) is 9.73 Å². The van der Waals surface area contributed by atoms with Crippen LogP contribution in [0.3, 0.4) is 0 Å². The Labute approximate surface area is 144 Å². The maximum absolute atomic E-state index is 12.5. The minimum Gasteiger partial charge on any atom is -0.461 e. The zero-order valence-corrected chi connectivity index (χ0v) is 14.8. The van der Waals surface area contributed by atoms with E-state index in [9.17, 15) is 4.79 Å². The Bertz CT molecular complexity index is 634. The van der Waals surface area contributed by atoms with Gasteiger partial charge in [0.15, 0.2) is 6.04 Å². The van der Waals surface area contributed by atoms with Crippen LogP contribution in [0.15, 0.2) is 65.7 Å². The van der Waals surface area contributed by atoms with Gasteiger partial charge in [0.05, 0.1) is 11.8 Å². The highest BCUT2D eigenvalue weighted by atomic mass is 16.5. The quantitative estimate of drug-likeness (QED) is 0.580. The fraction of sp³-hybridized carbons (Fsp3) is 0.333. The average Bonchev–Trinajstić information content (AvgIpc) is 2.56. The normalized spacial score (nSPS) is 12.1. The molecule has 3 heteroatoms. The molecule has 0 bridgehead atoms. The molecule has 0 saturated carbocycles. The van der Waals surface area contributed by atoms with Gasteiger partial charge in [-0.25, -0.2) is 4.79 Å². The Morgan fingerprint density at radius 3 is 1.67 bits per heavy atom. The molecular formula is C21H25NO2. The Morgan fingerprint density at radius 1 is 0.833 bits per heavy atom. The SMILES string of the molecule is CC(C)OC(=O)C(N=C(c1ccccc1)c1ccccc1)C(C)C. The molecule has 0 heterocycles. The van der Waals surface area contributed by atoms with Crippen molar-refractivity contribution < 1.29 is 9.53 Å². The van der Waals surface area contributed by atoms with E-state index in [0.29, 0.717) is 0 Å². The van der Waals surface area contributed by atoms with Gasteiger partial charge >= 0.3 is 5.97 Å². The summed E-state index contributed by atoms with van der Waals surface area (Å²) in [5, 5.41) is 0. The predicted octanol–water partition coefficient (Wildman–Crippen LogP) is 4.50. The van der Waals surface area contributed by atoms with Gasteiger partial charge in [-0.3, -0.25) is 4.99 Å². The molecule has 0 aromatic heterocycles. The summed E-state index contributed by atoms with van der Waals surface area (Å²) in [5.41, 5.74) is 2.80. The summed E-state index contributed by atoms with van der Waals surface area (Å²) in [4.78, 5) is 17.3. The first kappa shape index (κ1) is 17.9. The summed E-state index contributed by atoms with van der Waals surface area (Å²) >= 11 is 0. The van der Waals surface area contributed by atoms with Gasteiger partial charge in [-0.15, -0.1) is 0 Å². The molecular weight excluding hydrogens is 298 g/mol. The lowest BCUT2D eigenvalue weighted by molar-refractivity contribution is -0.149. The Hall–Kier alpha value is -2.42. The second-order valence-electron chi connectivity index (χ2n) is 6.38. The van der Waals surface area contributed by atoms with Gasteiger partial charge in [0.1, 0.15) is 0 Å². The molecule has 0 aliphatic carbocycles. The van der Waals surface area contributed by atoms with Crippen LogP contribution in [0.1, 0.15) is 38.8 Å². The largest absolute Gasteiger partial charge is 0.461 e. The van der Waals surface area contributed by atoms with Gasteiger partial charge in [-0.1, -0.05) is 74.5 Å². The standard InChI is InChI=1S/C21H25NO2/c1-15(2)19(21(23)24-16(3)4)22-20(17-11-7-5-8-12-17)18-13-9-6-10-14-18/h5-16,19H,1-4H3. The average molecular weight is 323 g/mol. The first-order valence-corrected chi connectivity index (χ1v) is 8.38. The van der Waals surface area contributed by atoms with Crippen molar-refractivity contribution in [2.75, 3.05) is 0 Å². The number of carbonyl (C=O) groups excluding carboxylic acids is 1. The molecule has 126 valence electrons. The minimum atomic E-state index is -0.525. The summed E-state index contributed by atoms with van der Waals surface area (Å²) in [6.45, 7) is 7.69. The van der Waals surface area contributed by atoms with Crippen LogP contribution in [0, 0.1) is 5.92 Å². The number of esters is 1. The van der Waals surface area contributed by atoms with Crippen molar-refractivity contribution in [3.8, 4) is 0 Å². The summed E-state index contributed by atoms with van der Waals surface area (Å²) in [6.07, 6.45) is -0.147. The summed E-state index contributed by atoms with van der Waals surface area (Å²) < 4.78 is 5.40. The monoisotopic (exact) mass is 323 g/mol. The first-order valence-electron chi connectivity index (χ1n) is 8.38. The van der Waals surface area contributed by atoms with E-state index in [1.807, 2.05) is 88.4 Å². The lowest BCUT2D eigenvalue weighted by Gasteiger charge is -2.19. The van der Waals surface area contributed by atoms with Crippen LogP contribution >= 0.6 is 0 Å². The zero-order valence-electron chi connectivity index (χ0n) is 14.8. The topological polar surface area (TPSA) is 38.7 Å². The molecule has 2 aromatic rings. The molecule has 3 nitrogen and oxygen atoms in total. The molecule has 0 aliphatic heterocycles. The second kappa shape index (κ2) is 8.44. The summed E-state index contributed by atoms with van der Waals surface area (Å²) in [7, 11) is 0. The van der Waals surface area contributed by atoms with Crippen molar-refractivity contribution in [3.63, 3.8) is 0 Å². The number of ether oxygens (including phenoxy) is 1. The van der Waals surface area contributed by atoms with E-state index in [1.165, 1.54) is 0 Å². The number of benzene rings is 2. The van der Waals surface area contributed by atoms with Crippen LogP contribution in [-0.2, 0) is 9.53 Å². The molecule has 2 rings (SSSR count). The molecule has 24 heavy (non-hydrogen) atoms. The lowest BCUT2D eigenvalue weighted by atomic mass is 10.00. The maximum atomic E-state index is 12.5. The van der Waals surface area contributed by atoms with Crippen molar-refractivity contribution in [2.24, 2.45) is 10.9 Å². The Kier molecular flexibility index (Phi) is 6.30. The number of rotatable bonds is 6. The van der Waals surface area contributed by atoms with Crippen LogP contribution in [0.2, 0.25) is 0 Å².